The molecule has 0 saturated carbocycles. The van der Waals surface area contributed by atoms with E-state index in [0.717, 1.165) is 12.8 Å². The SMILES string of the molecule is N#Cc1ccc(S(=O)(=O)N2CCCC(N)C2)cc1. The van der Waals surface area contributed by atoms with Crippen LogP contribution >= 0.6 is 0 Å². The Balaban J connectivity index is 2.27. The third-order valence-corrected chi connectivity index (χ3v) is 4.92. The number of nitriles is 1. The molecule has 1 atom stereocenters. The van der Waals surface area contributed by atoms with Crippen LogP contribution in [0.4, 0.5) is 0 Å². The van der Waals surface area contributed by atoms with Gasteiger partial charge in [-0.1, -0.05) is 0 Å². The van der Waals surface area contributed by atoms with Gasteiger partial charge >= 0.3 is 0 Å². The summed E-state index contributed by atoms with van der Waals surface area (Å²) in [5.41, 5.74) is 6.24. The van der Waals surface area contributed by atoms with Crippen molar-refractivity contribution in [3.05, 3.63) is 29.8 Å². The van der Waals surface area contributed by atoms with Crippen LogP contribution in [0.1, 0.15) is 18.4 Å². The lowest BCUT2D eigenvalue weighted by atomic mass is 10.1. The summed E-state index contributed by atoms with van der Waals surface area (Å²) in [5.74, 6) is 0. The Morgan fingerprint density at radius 2 is 2.00 bits per heavy atom. The Morgan fingerprint density at radius 1 is 1.33 bits per heavy atom. The third-order valence-electron chi connectivity index (χ3n) is 3.04. The van der Waals surface area contributed by atoms with Crippen LogP contribution in [0.25, 0.3) is 0 Å². The van der Waals surface area contributed by atoms with Gasteiger partial charge < -0.3 is 5.73 Å². The predicted molar refractivity (Wildman–Crippen MR) is 67.1 cm³/mol. The topological polar surface area (TPSA) is 87.2 Å². The van der Waals surface area contributed by atoms with E-state index in [2.05, 4.69) is 0 Å². The van der Waals surface area contributed by atoms with E-state index in [9.17, 15) is 8.42 Å². The van der Waals surface area contributed by atoms with E-state index in [1.54, 1.807) is 0 Å². The van der Waals surface area contributed by atoms with E-state index in [-0.39, 0.29) is 10.9 Å². The minimum absolute atomic E-state index is 0.0908. The molecule has 0 aromatic heterocycles. The fraction of sp³-hybridized carbons (Fsp3) is 0.417. The first-order chi connectivity index (χ1) is 8.54. The van der Waals surface area contributed by atoms with Crippen LogP contribution in [0, 0.1) is 11.3 Å². The van der Waals surface area contributed by atoms with Gasteiger partial charge in [0.2, 0.25) is 10.0 Å². The Morgan fingerprint density at radius 3 is 2.56 bits per heavy atom. The summed E-state index contributed by atoms with van der Waals surface area (Å²) in [6, 6.07) is 7.83. The number of piperidine rings is 1. The zero-order chi connectivity index (χ0) is 13.2. The molecule has 0 bridgehead atoms. The standard InChI is InChI=1S/C12H15N3O2S/c13-8-10-3-5-12(6-4-10)18(16,17)15-7-1-2-11(14)9-15/h3-6,11H,1-2,7,9,14H2. The highest BCUT2D eigenvalue weighted by Gasteiger charge is 2.28. The maximum Gasteiger partial charge on any atom is 0.243 e. The van der Waals surface area contributed by atoms with Crippen LogP contribution in [0.5, 0.6) is 0 Å². The number of nitrogens with two attached hydrogens (primary N) is 1. The Labute approximate surface area is 107 Å². The second kappa shape index (κ2) is 5.06. The molecule has 1 unspecified atom stereocenters. The molecule has 1 aliphatic heterocycles. The summed E-state index contributed by atoms with van der Waals surface area (Å²) >= 11 is 0. The van der Waals surface area contributed by atoms with Crippen molar-refractivity contribution < 1.29 is 8.42 Å². The zero-order valence-corrected chi connectivity index (χ0v) is 10.7. The molecule has 6 heteroatoms. The molecule has 1 heterocycles. The molecule has 0 radical (unpaired) electrons. The largest absolute Gasteiger partial charge is 0.327 e. The van der Waals surface area contributed by atoms with Gasteiger partial charge in [0.15, 0.2) is 0 Å². The Bertz CT molecular complexity index is 560. The number of hydrogen-bond donors (Lipinski definition) is 1. The van der Waals surface area contributed by atoms with Crippen LogP contribution in [0.15, 0.2) is 29.2 Å². The van der Waals surface area contributed by atoms with Crippen molar-refractivity contribution >= 4 is 10.0 Å². The first kappa shape index (κ1) is 13.0. The van der Waals surface area contributed by atoms with E-state index >= 15 is 0 Å². The van der Waals surface area contributed by atoms with Gasteiger partial charge in [0.25, 0.3) is 0 Å². The lowest BCUT2D eigenvalue weighted by Gasteiger charge is -2.29. The number of rotatable bonds is 2. The van der Waals surface area contributed by atoms with Gasteiger partial charge in [0.1, 0.15) is 0 Å². The van der Waals surface area contributed by atoms with E-state index in [1.165, 1.54) is 28.6 Å². The molecule has 1 saturated heterocycles. The summed E-state index contributed by atoms with van der Waals surface area (Å²) in [5, 5.41) is 8.69. The van der Waals surface area contributed by atoms with Crippen molar-refractivity contribution in [1.29, 1.82) is 5.26 Å². The van der Waals surface area contributed by atoms with Crippen molar-refractivity contribution in [3.63, 3.8) is 0 Å². The molecule has 2 rings (SSSR count). The van der Waals surface area contributed by atoms with E-state index in [4.69, 9.17) is 11.0 Å². The quantitative estimate of drug-likeness (QED) is 0.851. The number of sulfonamides is 1. The highest BCUT2D eigenvalue weighted by Crippen LogP contribution is 2.20. The van der Waals surface area contributed by atoms with Crippen molar-refractivity contribution in [2.24, 2.45) is 5.73 Å². The van der Waals surface area contributed by atoms with Gasteiger partial charge in [-0.05, 0) is 37.1 Å². The normalized spacial score (nSPS) is 21.4. The molecule has 96 valence electrons. The molecule has 2 N–H and O–H groups in total. The van der Waals surface area contributed by atoms with Crippen LogP contribution in [-0.4, -0.2) is 31.9 Å². The van der Waals surface area contributed by atoms with Gasteiger partial charge in [-0.2, -0.15) is 9.57 Å². The molecule has 1 fully saturated rings. The van der Waals surface area contributed by atoms with Gasteiger partial charge in [0, 0.05) is 19.1 Å². The minimum atomic E-state index is -3.48. The molecule has 0 spiro atoms. The average molecular weight is 265 g/mol. The van der Waals surface area contributed by atoms with Crippen molar-refractivity contribution in [1.82, 2.24) is 4.31 Å². The maximum absolute atomic E-state index is 12.3. The molecule has 0 amide bonds. The summed E-state index contributed by atoms with van der Waals surface area (Å²) in [7, 11) is -3.48. The first-order valence-electron chi connectivity index (χ1n) is 5.80. The van der Waals surface area contributed by atoms with Gasteiger partial charge in [0.05, 0.1) is 16.5 Å². The first-order valence-corrected chi connectivity index (χ1v) is 7.24. The summed E-state index contributed by atoms with van der Waals surface area (Å²) in [6.07, 6.45) is 1.65. The Hall–Kier alpha value is -1.42. The molecular formula is C12H15N3O2S. The highest BCUT2D eigenvalue weighted by atomic mass is 32.2. The van der Waals surface area contributed by atoms with E-state index in [0.29, 0.717) is 18.7 Å². The second-order valence-electron chi connectivity index (χ2n) is 4.40. The summed E-state index contributed by atoms with van der Waals surface area (Å²) < 4.78 is 26.1. The van der Waals surface area contributed by atoms with Crippen LogP contribution in [0.2, 0.25) is 0 Å². The average Bonchev–Trinajstić information content (AvgIpc) is 2.39. The van der Waals surface area contributed by atoms with Crippen molar-refractivity contribution in [3.8, 4) is 6.07 Å². The highest BCUT2D eigenvalue weighted by molar-refractivity contribution is 7.89. The molecule has 1 aromatic rings. The fourth-order valence-electron chi connectivity index (χ4n) is 2.04. The van der Waals surface area contributed by atoms with Gasteiger partial charge in [-0.15, -0.1) is 0 Å². The Kier molecular flexibility index (Phi) is 3.66. The lowest BCUT2D eigenvalue weighted by molar-refractivity contribution is 0.316. The van der Waals surface area contributed by atoms with E-state index < -0.39 is 10.0 Å². The smallest absolute Gasteiger partial charge is 0.243 e. The number of hydrogen-bond acceptors (Lipinski definition) is 4. The molecular weight excluding hydrogens is 250 g/mol. The molecule has 1 aromatic carbocycles. The van der Waals surface area contributed by atoms with Crippen molar-refractivity contribution in [2.45, 2.75) is 23.8 Å². The van der Waals surface area contributed by atoms with Crippen LogP contribution < -0.4 is 5.73 Å². The monoisotopic (exact) mass is 265 g/mol. The maximum atomic E-state index is 12.3. The minimum Gasteiger partial charge on any atom is -0.327 e. The van der Waals surface area contributed by atoms with Crippen LogP contribution in [0.3, 0.4) is 0 Å². The predicted octanol–water partition coefficient (Wildman–Crippen LogP) is 0.670. The molecule has 1 aliphatic rings. The molecule has 18 heavy (non-hydrogen) atoms. The zero-order valence-electron chi connectivity index (χ0n) is 9.91. The number of nitrogens with zero attached hydrogens (tertiary/aromatic N) is 2. The number of benzene rings is 1. The lowest BCUT2D eigenvalue weighted by Crippen LogP contribution is -2.45. The molecule has 5 nitrogen and oxygen atoms in total. The van der Waals surface area contributed by atoms with Crippen LogP contribution in [-0.2, 0) is 10.0 Å². The van der Waals surface area contributed by atoms with Gasteiger partial charge in [-0.25, -0.2) is 8.42 Å². The van der Waals surface area contributed by atoms with Crippen molar-refractivity contribution in [2.75, 3.05) is 13.1 Å². The second-order valence-corrected chi connectivity index (χ2v) is 6.34. The summed E-state index contributed by atoms with van der Waals surface area (Å²) in [4.78, 5) is 0.218. The third kappa shape index (κ3) is 2.53. The van der Waals surface area contributed by atoms with E-state index in [1.807, 2.05) is 6.07 Å². The summed E-state index contributed by atoms with van der Waals surface area (Å²) in [6.45, 7) is 0.873. The van der Waals surface area contributed by atoms with Gasteiger partial charge in [-0.3, -0.25) is 0 Å². The molecule has 0 aliphatic carbocycles. The fourth-order valence-corrected chi connectivity index (χ4v) is 3.58.